The zero-order valence-electron chi connectivity index (χ0n) is 8.02. The topological polar surface area (TPSA) is 38.3 Å². The maximum atomic E-state index is 11.4. The highest BCUT2D eigenvalue weighted by atomic mass is 16.5. The number of nitrogens with one attached hydrogen (secondary N) is 1. The second kappa shape index (κ2) is 3.44. The summed E-state index contributed by atoms with van der Waals surface area (Å²) in [5, 5.41) is 2.91. The van der Waals surface area contributed by atoms with Gasteiger partial charge in [0.1, 0.15) is 0 Å². The molecule has 3 heteroatoms. The van der Waals surface area contributed by atoms with Crippen LogP contribution in [-0.2, 0) is 9.53 Å². The lowest BCUT2D eigenvalue weighted by Crippen LogP contribution is -2.43. The fraction of sp³-hybridized carbons (Fsp3) is 0.889. The molecule has 0 aromatic rings. The van der Waals surface area contributed by atoms with Gasteiger partial charge in [-0.1, -0.05) is 20.8 Å². The number of hydrogen-bond acceptors (Lipinski definition) is 2. The summed E-state index contributed by atoms with van der Waals surface area (Å²) >= 11 is 0. The fourth-order valence-electron chi connectivity index (χ4n) is 0.905. The van der Waals surface area contributed by atoms with Crippen molar-refractivity contribution in [1.29, 1.82) is 0 Å². The van der Waals surface area contributed by atoms with Crippen LogP contribution >= 0.6 is 0 Å². The molecule has 12 heavy (non-hydrogen) atoms. The number of amides is 1. The van der Waals surface area contributed by atoms with Gasteiger partial charge in [-0.05, 0) is 0 Å². The Morgan fingerprint density at radius 3 is 2.42 bits per heavy atom. The Morgan fingerprint density at radius 1 is 1.50 bits per heavy atom. The van der Waals surface area contributed by atoms with E-state index in [2.05, 4.69) is 5.32 Å². The molecule has 0 radical (unpaired) electrons. The molecule has 1 aliphatic rings. The highest BCUT2D eigenvalue weighted by Crippen LogP contribution is 2.13. The van der Waals surface area contributed by atoms with E-state index in [0.717, 1.165) is 19.8 Å². The summed E-state index contributed by atoms with van der Waals surface area (Å²) in [5.74, 6) is 0.658. The molecule has 0 aliphatic carbocycles. The van der Waals surface area contributed by atoms with Crippen LogP contribution in [0, 0.1) is 11.3 Å². The Kier molecular flexibility index (Phi) is 2.73. The van der Waals surface area contributed by atoms with Crippen LogP contribution < -0.4 is 5.32 Å². The Labute approximate surface area is 73.5 Å². The standard InChI is InChI=1S/C9H17NO2/c1-9(2,3)8(11)10-4-7-5-12-6-7/h7H,4-6H2,1-3H3,(H,10,11). The molecule has 0 aromatic carbocycles. The summed E-state index contributed by atoms with van der Waals surface area (Å²) in [6.07, 6.45) is 0. The van der Waals surface area contributed by atoms with Gasteiger partial charge in [-0.2, -0.15) is 0 Å². The molecule has 0 atom stereocenters. The summed E-state index contributed by atoms with van der Waals surface area (Å²) in [5.41, 5.74) is -0.273. The second-order valence-corrected chi connectivity index (χ2v) is 4.36. The largest absolute Gasteiger partial charge is 0.381 e. The molecule has 0 saturated carbocycles. The molecular formula is C9H17NO2. The fourth-order valence-corrected chi connectivity index (χ4v) is 0.905. The minimum atomic E-state index is -0.273. The number of carbonyl (C=O) groups excluding carboxylic acids is 1. The lowest BCUT2D eigenvalue weighted by Gasteiger charge is -2.27. The first-order valence-corrected chi connectivity index (χ1v) is 4.36. The van der Waals surface area contributed by atoms with Crippen molar-refractivity contribution >= 4 is 5.91 Å². The first-order chi connectivity index (χ1) is 5.50. The minimum Gasteiger partial charge on any atom is -0.381 e. The van der Waals surface area contributed by atoms with Gasteiger partial charge in [0.15, 0.2) is 0 Å². The van der Waals surface area contributed by atoms with Crippen LogP contribution in [0.1, 0.15) is 20.8 Å². The average Bonchev–Trinajstić information content (AvgIpc) is 1.81. The highest BCUT2D eigenvalue weighted by Gasteiger charge is 2.24. The van der Waals surface area contributed by atoms with Crippen LogP contribution in [0.15, 0.2) is 0 Å². The monoisotopic (exact) mass is 171 g/mol. The predicted molar refractivity (Wildman–Crippen MR) is 46.8 cm³/mol. The summed E-state index contributed by atoms with van der Waals surface area (Å²) in [7, 11) is 0. The van der Waals surface area contributed by atoms with E-state index < -0.39 is 0 Å². The molecule has 1 aliphatic heterocycles. The number of ether oxygens (including phenoxy) is 1. The van der Waals surface area contributed by atoms with E-state index in [4.69, 9.17) is 4.74 Å². The van der Waals surface area contributed by atoms with E-state index >= 15 is 0 Å². The van der Waals surface area contributed by atoms with Gasteiger partial charge in [0, 0.05) is 17.9 Å². The minimum absolute atomic E-state index is 0.120. The van der Waals surface area contributed by atoms with Gasteiger partial charge < -0.3 is 10.1 Å². The van der Waals surface area contributed by atoms with Gasteiger partial charge in [-0.15, -0.1) is 0 Å². The van der Waals surface area contributed by atoms with E-state index in [1.807, 2.05) is 20.8 Å². The molecule has 70 valence electrons. The third-order valence-corrected chi connectivity index (χ3v) is 1.94. The Bertz CT molecular complexity index is 168. The first-order valence-electron chi connectivity index (χ1n) is 4.36. The van der Waals surface area contributed by atoms with Gasteiger partial charge in [-0.25, -0.2) is 0 Å². The van der Waals surface area contributed by atoms with Gasteiger partial charge in [-0.3, -0.25) is 4.79 Å². The van der Waals surface area contributed by atoms with Crippen molar-refractivity contribution in [2.75, 3.05) is 19.8 Å². The van der Waals surface area contributed by atoms with Gasteiger partial charge in [0.2, 0.25) is 5.91 Å². The van der Waals surface area contributed by atoms with Crippen LogP contribution in [-0.4, -0.2) is 25.7 Å². The van der Waals surface area contributed by atoms with Crippen LogP contribution in [0.3, 0.4) is 0 Å². The third kappa shape index (κ3) is 2.48. The molecule has 3 nitrogen and oxygen atoms in total. The van der Waals surface area contributed by atoms with Crippen molar-refractivity contribution in [1.82, 2.24) is 5.32 Å². The van der Waals surface area contributed by atoms with Crippen LogP contribution in [0.5, 0.6) is 0 Å². The van der Waals surface area contributed by atoms with Gasteiger partial charge in [0.05, 0.1) is 13.2 Å². The molecule has 0 unspecified atom stereocenters. The van der Waals surface area contributed by atoms with Gasteiger partial charge in [0.25, 0.3) is 0 Å². The van der Waals surface area contributed by atoms with Crippen LogP contribution in [0.4, 0.5) is 0 Å². The summed E-state index contributed by atoms with van der Waals surface area (Å²) in [6, 6.07) is 0. The Morgan fingerprint density at radius 2 is 2.08 bits per heavy atom. The lowest BCUT2D eigenvalue weighted by atomic mass is 9.95. The smallest absolute Gasteiger partial charge is 0.225 e. The molecule has 0 spiro atoms. The number of rotatable bonds is 2. The zero-order chi connectivity index (χ0) is 9.19. The summed E-state index contributed by atoms with van der Waals surface area (Å²) < 4.78 is 5.00. The van der Waals surface area contributed by atoms with E-state index in [-0.39, 0.29) is 11.3 Å². The van der Waals surface area contributed by atoms with Crippen LogP contribution in [0.25, 0.3) is 0 Å². The highest BCUT2D eigenvalue weighted by molar-refractivity contribution is 5.81. The lowest BCUT2D eigenvalue weighted by molar-refractivity contribution is -0.129. The van der Waals surface area contributed by atoms with E-state index in [0.29, 0.717) is 5.92 Å². The van der Waals surface area contributed by atoms with Crippen LogP contribution in [0.2, 0.25) is 0 Å². The second-order valence-electron chi connectivity index (χ2n) is 4.36. The first kappa shape index (κ1) is 9.52. The normalized spacial score (nSPS) is 18.6. The van der Waals surface area contributed by atoms with Crippen molar-refractivity contribution in [3.05, 3.63) is 0 Å². The maximum absolute atomic E-state index is 11.4. The molecule has 1 saturated heterocycles. The number of hydrogen-bond donors (Lipinski definition) is 1. The summed E-state index contributed by atoms with van der Waals surface area (Å²) in [4.78, 5) is 11.4. The molecule has 1 N–H and O–H groups in total. The molecule has 0 bridgehead atoms. The quantitative estimate of drug-likeness (QED) is 0.667. The molecule has 1 fully saturated rings. The van der Waals surface area contributed by atoms with Gasteiger partial charge >= 0.3 is 0 Å². The summed E-state index contributed by atoms with van der Waals surface area (Å²) in [6.45, 7) is 8.10. The van der Waals surface area contributed by atoms with E-state index in [9.17, 15) is 4.79 Å². The maximum Gasteiger partial charge on any atom is 0.225 e. The Balaban J connectivity index is 2.17. The molecule has 1 heterocycles. The van der Waals surface area contributed by atoms with E-state index in [1.165, 1.54) is 0 Å². The van der Waals surface area contributed by atoms with Crippen molar-refractivity contribution < 1.29 is 9.53 Å². The Hall–Kier alpha value is -0.570. The SMILES string of the molecule is CC(C)(C)C(=O)NCC1COC1. The molecule has 1 amide bonds. The molecular weight excluding hydrogens is 154 g/mol. The van der Waals surface area contributed by atoms with Crippen molar-refractivity contribution in [3.8, 4) is 0 Å². The zero-order valence-corrected chi connectivity index (χ0v) is 8.02. The van der Waals surface area contributed by atoms with Crippen molar-refractivity contribution in [3.63, 3.8) is 0 Å². The number of carbonyl (C=O) groups is 1. The third-order valence-electron chi connectivity index (χ3n) is 1.94. The molecule has 1 rings (SSSR count). The van der Waals surface area contributed by atoms with Crippen molar-refractivity contribution in [2.45, 2.75) is 20.8 Å². The van der Waals surface area contributed by atoms with Crippen molar-refractivity contribution in [2.24, 2.45) is 11.3 Å². The molecule has 0 aromatic heterocycles. The predicted octanol–water partition coefficient (Wildman–Crippen LogP) is 0.795. The average molecular weight is 171 g/mol. The van der Waals surface area contributed by atoms with E-state index in [1.54, 1.807) is 0 Å².